The SMILES string of the molecule is Cc1cc(C(=O)O)cc(S(=O)(=O)NC[C@@H](C)c2nc3ccccc3n2C(F)F)c1C. The number of alkyl halides is 2. The summed E-state index contributed by atoms with van der Waals surface area (Å²) in [4.78, 5) is 15.4. The summed E-state index contributed by atoms with van der Waals surface area (Å²) >= 11 is 0. The molecule has 1 aromatic heterocycles. The highest BCUT2D eigenvalue weighted by Crippen LogP contribution is 2.28. The van der Waals surface area contributed by atoms with E-state index in [4.69, 9.17) is 0 Å². The van der Waals surface area contributed by atoms with Gasteiger partial charge in [-0.1, -0.05) is 19.1 Å². The van der Waals surface area contributed by atoms with Gasteiger partial charge in [0, 0.05) is 12.5 Å². The average Bonchev–Trinajstić information content (AvgIpc) is 3.07. The molecule has 0 bridgehead atoms. The van der Waals surface area contributed by atoms with Crippen LogP contribution in [0.4, 0.5) is 8.78 Å². The van der Waals surface area contributed by atoms with Crippen molar-refractivity contribution in [3.8, 4) is 0 Å². The van der Waals surface area contributed by atoms with Gasteiger partial charge in [0.2, 0.25) is 10.0 Å². The van der Waals surface area contributed by atoms with Gasteiger partial charge < -0.3 is 5.11 Å². The number of hydrogen-bond acceptors (Lipinski definition) is 4. The van der Waals surface area contributed by atoms with Crippen molar-refractivity contribution >= 4 is 27.0 Å². The van der Waals surface area contributed by atoms with Gasteiger partial charge in [-0.2, -0.15) is 8.78 Å². The maximum Gasteiger partial charge on any atom is 0.335 e. The van der Waals surface area contributed by atoms with Crippen LogP contribution in [0.1, 0.15) is 46.7 Å². The van der Waals surface area contributed by atoms with E-state index in [-0.39, 0.29) is 28.3 Å². The van der Waals surface area contributed by atoms with E-state index < -0.39 is 28.5 Å². The van der Waals surface area contributed by atoms with Crippen LogP contribution in [-0.2, 0) is 10.0 Å². The predicted molar refractivity (Wildman–Crippen MR) is 107 cm³/mol. The first-order chi connectivity index (χ1) is 14.0. The molecule has 3 rings (SSSR count). The van der Waals surface area contributed by atoms with Crippen LogP contribution in [0.15, 0.2) is 41.3 Å². The van der Waals surface area contributed by atoms with Gasteiger partial charge in [0.15, 0.2) is 0 Å². The Morgan fingerprint density at radius 3 is 2.53 bits per heavy atom. The Morgan fingerprint density at radius 2 is 1.90 bits per heavy atom. The van der Waals surface area contributed by atoms with E-state index >= 15 is 0 Å². The minimum absolute atomic E-state index is 0.0566. The van der Waals surface area contributed by atoms with E-state index in [0.29, 0.717) is 16.6 Å². The lowest BCUT2D eigenvalue weighted by molar-refractivity contribution is 0.0692. The Morgan fingerprint density at radius 1 is 1.23 bits per heavy atom. The van der Waals surface area contributed by atoms with Crippen LogP contribution in [-0.4, -0.2) is 35.6 Å². The maximum atomic E-state index is 13.6. The second kappa shape index (κ2) is 8.11. The van der Waals surface area contributed by atoms with E-state index in [1.165, 1.54) is 12.1 Å². The summed E-state index contributed by atoms with van der Waals surface area (Å²) in [6.07, 6.45) is 0. The fraction of sp³-hybridized carbons (Fsp3) is 0.300. The molecule has 1 heterocycles. The van der Waals surface area contributed by atoms with Gasteiger partial charge >= 0.3 is 12.5 Å². The van der Waals surface area contributed by atoms with Crippen LogP contribution in [0.5, 0.6) is 0 Å². The molecule has 2 aromatic carbocycles. The third kappa shape index (κ3) is 4.05. The molecule has 0 unspecified atom stereocenters. The molecule has 0 aliphatic carbocycles. The highest BCUT2D eigenvalue weighted by atomic mass is 32.2. The minimum atomic E-state index is -4.07. The van der Waals surface area contributed by atoms with E-state index in [2.05, 4.69) is 9.71 Å². The number of fused-ring (bicyclic) bond motifs is 1. The van der Waals surface area contributed by atoms with E-state index in [9.17, 15) is 27.1 Å². The summed E-state index contributed by atoms with van der Waals surface area (Å²) in [5, 5.41) is 9.21. The molecule has 10 heteroatoms. The lowest BCUT2D eigenvalue weighted by Crippen LogP contribution is -2.29. The monoisotopic (exact) mass is 437 g/mol. The Labute approximate surface area is 172 Å². The summed E-state index contributed by atoms with van der Waals surface area (Å²) < 4.78 is 56.1. The Hall–Kier alpha value is -2.85. The van der Waals surface area contributed by atoms with Crippen molar-refractivity contribution in [1.29, 1.82) is 0 Å². The molecule has 3 aromatic rings. The zero-order valence-corrected chi connectivity index (χ0v) is 17.4. The molecule has 2 N–H and O–H groups in total. The number of rotatable bonds is 7. The highest BCUT2D eigenvalue weighted by Gasteiger charge is 2.25. The number of para-hydroxylation sites is 2. The van der Waals surface area contributed by atoms with Gasteiger partial charge in [-0.25, -0.2) is 22.9 Å². The summed E-state index contributed by atoms with van der Waals surface area (Å²) in [5.41, 5.74) is 1.44. The second-order valence-corrected chi connectivity index (χ2v) is 8.82. The van der Waals surface area contributed by atoms with E-state index in [1.54, 1.807) is 39.0 Å². The molecule has 0 aliphatic rings. The summed E-state index contributed by atoms with van der Waals surface area (Å²) in [6, 6.07) is 8.93. The lowest BCUT2D eigenvalue weighted by Gasteiger charge is -2.16. The Balaban J connectivity index is 1.91. The van der Waals surface area contributed by atoms with Crippen LogP contribution in [0, 0.1) is 13.8 Å². The normalized spacial score (nSPS) is 13.1. The zero-order valence-electron chi connectivity index (χ0n) is 16.6. The number of carboxylic acid groups (broad SMARTS) is 1. The number of aryl methyl sites for hydroxylation is 1. The quantitative estimate of drug-likeness (QED) is 0.585. The molecule has 1 atom stereocenters. The predicted octanol–water partition coefficient (Wildman–Crippen LogP) is 3.83. The molecule has 0 amide bonds. The van der Waals surface area contributed by atoms with Crippen LogP contribution < -0.4 is 4.72 Å². The number of hydrogen-bond donors (Lipinski definition) is 2. The van der Waals surface area contributed by atoms with Crippen molar-refractivity contribution in [2.45, 2.75) is 38.1 Å². The number of benzene rings is 2. The Bertz CT molecular complexity index is 1220. The van der Waals surface area contributed by atoms with Crippen molar-refractivity contribution in [3.05, 3.63) is 58.9 Å². The van der Waals surface area contributed by atoms with Crippen LogP contribution in [0.25, 0.3) is 11.0 Å². The molecular weight excluding hydrogens is 416 g/mol. The highest BCUT2D eigenvalue weighted by molar-refractivity contribution is 7.89. The third-order valence-corrected chi connectivity index (χ3v) is 6.54. The Kier molecular flexibility index (Phi) is 5.91. The molecule has 0 radical (unpaired) electrons. The smallest absolute Gasteiger partial charge is 0.335 e. The molecule has 0 fully saturated rings. The molecular formula is C20H21F2N3O4S. The van der Waals surface area contributed by atoms with Gasteiger partial charge in [0.05, 0.1) is 21.5 Å². The standard InChI is InChI=1S/C20H21F2N3O4S/c1-11-8-14(19(26)27)9-17(13(11)3)30(28,29)23-10-12(2)18-24-15-6-4-5-7-16(15)25(18)20(21)22/h4-9,12,20,23H,10H2,1-3H3,(H,26,27)/t12-/m1/s1. The first-order valence-electron chi connectivity index (χ1n) is 9.12. The molecule has 0 saturated carbocycles. The van der Waals surface area contributed by atoms with Crippen LogP contribution in [0.2, 0.25) is 0 Å². The van der Waals surface area contributed by atoms with Gasteiger partial charge in [-0.3, -0.25) is 4.57 Å². The van der Waals surface area contributed by atoms with E-state index in [0.717, 1.165) is 10.6 Å². The number of aromatic carboxylic acids is 1. The number of carbonyl (C=O) groups is 1. The fourth-order valence-corrected chi connectivity index (χ4v) is 4.72. The molecule has 160 valence electrons. The van der Waals surface area contributed by atoms with Crippen molar-refractivity contribution < 1.29 is 27.1 Å². The molecule has 7 nitrogen and oxygen atoms in total. The molecule has 0 saturated heterocycles. The van der Waals surface area contributed by atoms with E-state index in [1.807, 2.05) is 0 Å². The minimum Gasteiger partial charge on any atom is -0.478 e. The van der Waals surface area contributed by atoms with Crippen molar-refractivity contribution in [1.82, 2.24) is 14.3 Å². The summed E-state index contributed by atoms with van der Waals surface area (Å²) in [7, 11) is -4.07. The number of imidazole rings is 1. The number of halogens is 2. The summed E-state index contributed by atoms with van der Waals surface area (Å²) in [5.74, 6) is -1.85. The number of carboxylic acids is 1. The first kappa shape index (κ1) is 21.8. The van der Waals surface area contributed by atoms with Crippen LogP contribution in [0.3, 0.4) is 0 Å². The number of nitrogens with zero attached hydrogens (tertiary/aromatic N) is 2. The largest absolute Gasteiger partial charge is 0.478 e. The second-order valence-electron chi connectivity index (χ2n) is 7.08. The lowest BCUT2D eigenvalue weighted by atomic mass is 10.1. The van der Waals surface area contributed by atoms with Crippen LogP contribution >= 0.6 is 0 Å². The molecule has 30 heavy (non-hydrogen) atoms. The molecule has 0 aliphatic heterocycles. The maximum absolute atomic E-state index is 13.6. The van der Waals surface area contributed by atoms with Gasteiger partial charge in [-0.15, -0.1) is 0 Å². The van der Waals surface area contributed by atoms with Gasteiger partial charge in [-0.05, 0) is 49.2 Å². The van der Waals surface area contributed by atoms with Crippen molar-refractivity contribution in [2.75, 3.05) is 6.54 Å². The van der Waals surface area contributed by atoms with Gasteiger partial charge in [0.1, 0.15) is 5.82 Å². The topological polar surface area (TPSA) is 101 Å². The average molecular weight is 437 g/mol. The third-order valence-electron chi connectivity index (χ3n) is 4.99. The van der Waals surface area contributed by atoms with Gasteiger partial charge in [0.25, 0.3) is 0 Å². The molecule has 0 spiro atoms. The zero-order chi connectivity index (χ0) is 22.2. The number of aromatic nitrogens is 2. The van der Waals surface area contributed by atoms with Crippen molar-refractivity contribution in [2.24, 2.45) is 0 Å². The summed E-state index contributed by atoms with van der Waals surface area (Å²) in [6.45, 7) is 1.77. The van der Waals surface area contributed by atoms with Crippen molar-refractivity contribution in [3.63, 3.8) is 0 Å². The number of sulfonamides is 1. The first-order valence-corrected chi connectivity index (χ1v) is 10.6. The fourth-order valence-electron chi connectivity index (χ4n) is 3.25. The number of nitrogens with one attached hydrogen (secondary N) is 1.